The molecule has 1 saturated carbocycles. The van der Waals surface area contributed by atoms with Gasteiger partial charge in [0.05, 0.1) is 29.8 Å². The fourth-order valence-corrected chi connectivity index (χ4v) is 4.63. The van der Waals surface area contributed by atoms with Crippen LogP contribution < -0.4 is 5.73 Å². The lowest BCUT2D eigenvalue weighted by molar-refractivity contribution is -0.210. The molecule has 27 heavy (non-hydrogen) atoms. The maximum atomic E-state index is 12.9. The standard InChI is InChI=1S/C20H28N4O3/c1-14-22-15-4-2-3-5-16(15)24(14)13-19(26)23-9-6-20(7-10-23)17(25)12-18(20)27-11-8-21/h2-5,17-18,25H,6-13,21H2,1H3/t17-,18+/m1/s1. The molecule has 2 atom stereocenters. The Morgan fingerprint density at radius 3 is 2.81 bits per heavy atom. The van der Waals surface area contributed by atoms with Crippen molar-refractivity contribution in [2.24, 2.45) is 11.1 Å². The molecule has 1 spiro atoms. The zero-order valence-corrected chi connectivity index (χ0v) is 15.8. The Kier molecular flexibility index (Phi) is 4.92. The Labute approximate surface area is 159 Å². The number of carbonyl (C=O) groups is 1. The fourth-order valence-electron chi connectivity index (χ4n) is 4.63. The number of rotatable bonds is 5. The molecule has 0 unspecified atom stereocenters. The van der Waals surface area contributed by atoms with E-state index in [1.807, 2.05) is 40.7 Å². The highest BCUT2D eigenvalue weighted by atomic mass is 16.5. The van der Waals surface area contributed by atoms with E-state index in [0.717, 1.165) is 29.7 Å². The Bertz CT molecular complexity index is 826. The molecular weight excluding hydrogens is 344 g/mol. The number of piperidine rings is 1. The highest BCUT2D eigenvalue weighted by molar-refractivity contribution is 5.81. The number of likely N-dealkylation sites (tertiary alicyclic amines) is 1. The number of hydrogen-bond donors (Lipinski definition) is 2. The molecule has 1 saturated heterocycles. The smallest absolute Gasteiger partial charge is 0.242 e. The Hall–Kier alpha value is -1.96. The van der Waals surface area contributed by atoms with Crippen molar-refractivity contribution in [1.29, 1.82) is 0 Å². The van der Waals surface area contributed by atoms with Crippen molar-refractivity contribution >= 4 is 16.9 Å². The van der Waals surface area contributed by atoms with Crippen molar-refractivity contribution in [2.75, 3.05) is 26.2 Å². The summed E-state index contributed by atoms with van der Waals surface area (Å²) in [6, 6.07) is 7.89. The summed E-state index contributed by atoms with van der Waals surface area (Å²) in [5.41, 5.74) is 7.24. The summed E-state index contributed by atoms with van der Waals surface area (Å²) in [5.74, 6) is 0.951. The number of imidazole rings is 1. The van der Waals surface area contributed by atoms with E-state index in [1.54, 1.807) is 0 Å². The van der Waals surface area contributed by atoms with Crippen molar-refractivity contribution in [3.63, 3.8) is 0 Å². The first kappa shape index (κ1) is 18.4. The van der Waals surface area contributed by atoms with Gasteiger partial charge in [0, 0.05) is 31.5 Å². The molecule has 7 heteroatoms. The minimum absolute atomic E-state index is 0.0631. The molecule has 1 aromatic heterocycles. The summed E-state index contributed by atoms with van der Waals surface area (Å²) in [7, 11) is 0. The van der Waals surface area contributed by atoms with Crippen LogP contribution in [0, 0.1) is 12.3 Å². The number of aliphatic hydroxyl groups is 1. The van der Waals surface area contributed by atoms with E-state index in [0.29, 0.717) is 39.2 Å². The molecule has 4 rings (SSSR count). The molecule has 0 radical (unpaired) electrons. The average Bonchev–Trinajstić information content (AvgIpc) is 3.00. The number of amides is 1. The maximum Gasteiger partial charge on any atom is 0.242 e. The van der Waals surface area contributed by atoms with Crippen LogP contribution in [0.2, 0.25) is 0 Å². The summed E-state index contributed by atoms with van der Waals surface area (Å²) >= 11 is 0. The first-order chi connectivity index (χ1) is 13.0. The van der Waals surface area contributed by atoms with Crippen molar-refractivity contribution in [1.82, 2.24) is 14.5 Å². The van der Waals surface area contributed by atoms with Gasteiger partial charge in [0.25, 0.3) is 0 Å². The van der Waals surface area contributed by atoms with Crippen LogP contribution in [0.15, 0.2) is 24.3 Å². The van der Waals surface area contributed by atoms with Crippen LogP contribution in [0.1, 0.15) is 25.1 Å². The number of aliphatic hydroxyl groups excluding tert-OH is 1. The number of nitrogens with zero attached hydrogens (tertiary/aromatic N) is 3. The van der Waals surface area contributed by atoms with Gasteiger partial charge >= 0.3 is 0 Å². The van der Waals surface area contributed by atoms with Crippen LogP contribution in [0.25, 0.3) is 11.0 Å². The molecule has 146 valence electrons. The lowest BCUT2D eigenvalue weighted by Gasteiger charge is -2.56. The van der Waals surface area contributed by atoms with Gasteiger partial charge in [0.2, 0.25) is 5.91 Å². The predicted molar refractivity (Wildman–Crippen MR) is 102 cm³/mol. The van der Waals surface area contributed by atoms with E-state index in [4.69, 9.17) is 10.5 Å². The van der Waals surface area contributed by atoms with Crippen LogP contribution in [0.5, 0.6) is 0 Å². The van der Waals surface area contributed by atoms with Crippen molar-refractivity contribution < 1.29 is 14.6 Å². The van der Waals surface area contributed by atoms with Gasteiger partial charge < -0.3 is 25.0 Å². The van der Waals surface area contributed by atoms with Crippen LogP contribution in [0.3, 0.4) is 0 Å². The number of nitrogens with two attached hydrogens (primary N) is 1. The molecular formula is C20H28N4O3. The van der Waals surface area contributed by atoms with Gasteiger partial charge in [-0.1, -0.05) is 12.1 Å². The second-order valence-corrected chi connectivity index (χ2v) is 7.75. The second kappa shape index (κ2) is 7.22. The van der Waals surface area contributed by atoms with Gasteiger partial charge in [-0.25, -0.2) is 4.98 Å². The number of benzene rings is 1. The van der Waals surface area contributed by atoms with Gasteiger partial charge in [-0.3, -0.25) is 4.79 Å². The van der Waals surface area contributed by atoms with Crippen molar-refractivity contribution in [3.8, 4) is 0 Å². The Morgan fingerprint density at radius 2 is 2.11 bits per heavy atom. The topological polar surface area (TPSA) is 93.6 Å². The fraction of sp³-hybridized carbons (Fsp3) is 0.600. The van der Waals surface area contributed by atoms with Gasteiger partial charge in [0.1, 0.15) is 12.4 Å². The zero-order chi connectivity index (χ0) is 19.0. The third-order valence-electron chi connectivity index (χ3n) is 6.36. The molecule has 1 aliphatic heterocycles. The highest BCUT2D eigenvalue weighted by Crippen LogP contribution is 2.50. The van der Waals surface area contributed by atoms with Crippen LogP contribution in [-0.2, 0) is 16.1 Å². The third kappa shape index (κ3) is 3.13. The molecule has 1 amide bonds. The normalized spacial score (nSPS) is 24.3. The quantitative estimate of drug-likeness (QED) is 0.819. The minimum Gasteiger partial charge on any atom is -0.392 e. The number of aryl methyl sites for hydroxylation is 1. The molecule has 0 bridgehead atoms. The van der Waals surface area contributed by atoms with Gasteiger partial charge in [-0.15, -0.1) is 0 Å². The first-order valence-corrected chi connectivity index (χ1v) is 9.74. The summed E-state index contributed by atoms with van der Waals surface area (Å²) in [5, 5.41) is 10.4. The van der Waals surface area contributed by atoms with E-state index < -0.39 is 0 Å². The van der Waals surface area contributed by atoms with Crippen LogP contribution in [0.4, 0.5) is 0 Å². The van der Waals surface area contributed by atoms with Gasteiger partial charge in [0.15, 0.2) is 0 Å². The minimum atomic E-state index is -0.336. The molecule has 2 aromatic rings. The van der Waals surface area contributed by atoms with E-state index >= 15 is 0 Å². The number of aromatic nitrogens is 2. The molecule has 1 aromatic carbocycles. The zero-order valence-electron chi connectivity index (χ0n) is 15.8. The van der Waals surface area contributed by atoms with Crippen molar-refractivity contribution in [3.05, 3.63) is 30.1 Å². The monoisotopic (exact) mass is 372 g/mol. The molecule has 2 heterocycles. The summed E-state index contributed by atoms with van der Waals surface area (Å²) in [6.45, 7) is 4.56. The number of hydrogen-bond acceptors (Lipinski definition) is 5. The Balaban J connectivity index is 1.41. The summed E-state index contributed by atoms with van der Waals surface area (Å²) in [6.07, 6.45) is 1.96. The number of ether oxygens (including phenoxy) is 1. The van der Waals surface area contributed by atoms with Crippen LogP contribution >= 0.6 is 0 Å². The average molecular weight is 372 g/mol. The summed E-state index contributed by atoms with van der Waals surface area (Å²) in [4.78, 5) is 19.3. The van der Waals surface area contributed by atoms with Gasteiger partial charge in [-0.2, -0.15) is 0 Å². The largest absolute Gasteiger partial charge is 0.392 e. The maximum absolute atomic E-state index is 12.9. The lowest BCUT2D eigenvalue weighted by atomic mass is 9.58. The third-order valence-corrected chi connectivity index (χ3v) is 6.36. The highest BCUT2D eigenvalue weighted by Gasteiger charge is 2.56. The SMILES string of the molecule is Cc1nc2ccccc2n1CC(=O)N1CCC2(CC1)[C@H](O)C[C@@H]2OCCN. The van der Waals surface area contributed by atoms with Crippen molar-refractivity contribution in [2.45, 2.75) is 44.9 Å². The number of para-hydroxylation sites is 2. The molecule has 1 aliphatic carbocycles. The van der Waals surface area contributed by atoms with E-state index in [2.05, 4.69) is 4.98 Å². The molecule has 2 fully saturated rings. The van der Waals surface area contributed by atoms with E-state index in [1.165, 1.54) is 0 Å². The van der Waals surface area contributed by atoms with E-state index in [9.17, 15) is 9.90 Å². The van der Waals surface area contributed by atoms with Crippen LogP contribution in [-0.4, -0.2) is 63.9 Å². The molecule has 7 nitrogen and oxygen atoms in total. The lowest BCUT2D eigenvalue weighted by Crippen LogP contribution is -2.63. The second-order valence-electron chi connectivity index (χ2n) is 7.75. The molecule has 2 aliphatic rings. The number of fused-ring (bicyclic) bond motifs is 1. The number of carbonyl (C=O) groups excluding carboxylic acids is 1. The summed E-state index contributed by atoms with van der Waals surface area (Å²) < 4.78 is 7.81. The first-order valence-electron chi connectivity index (χ1n) is 9.74. The molecule has 3 N–H and O–H groups in total. The predicted octanol–water partition coefficient (Wildman–Crippen LogP) is 1.06. The Morgan fingerprint density at radius 1 is 1.37 bits per heavy atom. The van der Waals surface area contributed by atoms with E-state index in [-0.39, 0.29) is 23.5 Å². The van der Waals surface area contributed by atoms with Gasteiger partial charge in [-0.05, 0) is 31.9 Å².